The summed E-state index contributed by atoms with van der Waals surface area (Å²) >= 11 is 0. The number of nitrogens with zero attached hydrogens (tertiary/aromatic N) is 4. The van der Waals surface area contributed by atoms with Gasteiger partial charge in [-0.05, 0) is 44.3 Å². The van der Waals surface area contributed by atoms with Crippen LogP contribution in [0.4, 0.5) is 5.69 Å². The molecule has 0 aliphatic carbocycles. The summed E-state index contributed by atoms with van der Waals surface area (Å²) in [5, 5.41) is 11.0. The fourth-order valence-corrected chi connectivity index (χ4v) is 3.01. The number of aryl methyl sites for hydroxylation is 2. The molecular formula is C21H27N5O3. The van der Waals surface area contributed by atoms with E-state index in [1.54, 1.807) is 22.9 Å². The standard InChI is InChI=1S/C21H27N5O3/c1-5-26(6-2)11-12-28-17-9-7-16(8-10-17)22-21(27)19-13-20(29-24-19)18-14-25(4)23-15(18)3/h7-10,13-14H,5-6,11-12H2,1-4H3,(H,22,27). The van der Waals surface area contributed by atoms with Crippen LogP contribution in [-0.2, 0) is 7.05 Å². The van der Waals surface area contributed by atoms with Crippen molar-refractivity contribution in [3.8, 4) is 17.1 Å². The molecule has 2 heterocycles. The molecule has 0 fully saturated rings. The molecule has 0 aliphatic heterocycles. The number of carbonyl (C=O) groups is 1. The molecule has 1 aromatic carbocycles. The third-order valence-corrected chi connectivity index (χ3v) is 4.70. The maximum atomic E-state index is 12.5. The minimum atomic E-state index is -0.336. The molecule has 0 spiro atoms. The first-order valence-corrected chi connectivity index (χ1v) is 9.74. The molecule has 3 aromatic rings. The Hall–Kier alpha value is -3.13. The normalized spacial score (nSPS) is 11.1. The van der Waals surface area contributed by atoms with Crippen molar-refractivity contribution < 1.29 is 14.1 Å². The monoisotopic (exact) mass is 397 g/mol. The summed E-state index contributed by atoms with van der Waals surface area (Å²) < 4.78 is 12.8. The predicted molar refractivity (Wildman–Crippen MR) is 111 cm³/mol. The molecule has 0 bridgehead atoms. The minimum absolute atomic E-state index is 0.211. The third kappa shape index (κ3) is 5.23. The molecule has 0 saturated carbocycles. The van der Waals surface area contributed by atoms with Crippen LogP contribution < -0.4 is 10.1 Å². The topological polar surface area (TPSA) is 85.4 Å². The van der Waals surface area contributed by atoms with Crippen LogP contribution in [-0.4, -0.2) is 52.0 Å². The molecular weight excluding hydrogens is 370 g/mol. The van der Waals surface area contributed by atoms with Crippen LogP contribution in [0.3, 0.4) is 0 Å². The Bertz CT molecular complexity index is 942. The molecule has 8 heteroatoms. The van der Waals surface area contributed by atoms with Crippen molar-refractivity contribution >= 4 is 11.6 Å². The average molecular weight is 397 g/mol. The number of ether oxygens (including phenoxy) is 1. The van der Waals surface area contributed by atoms with Gasteiger partial charge in [0.05, 0.1) is 11.3 Å². The highest BCUT2D eigenvalue weighted by Crippen LogP contribution is 2.23. The van der Waals surface area contributed by atoms with Gasteiger partial charge in [0, 0.05) is 31.5 Å². The molecule has 0 saturated heterocycles. The van der Waals surface area contributed by atoms with E-state index in [1.165, 1.54) is 0 Å². The van der Waals surface area contributed by atoms with Crippen molar-refractivity contribution in [2.24, 2.45) is 7.05 Å². The number of anilines is 1. The molecule has 1 amide bonds. The van der Waals surface area contributed by atoms with Gasteiger partial charge >= 0.3 is 0 Å². The molecule has 8 nitrogen and oxygen atoms in total. The molecule has 0 aliphatic rings. The van der Waals surface area contributed by atoms with Gasteiger partial charge in [-0.2, -0.15) is 5.10 Å². The summed E-state index contributed by atoms with van der Waals surface area (Å²) in [4.78, 5) is 14.8. The van der Waals surface area contributed by atoms with Crippen molar-refractivity contribution in [3.05, 3.63) is 47.9 Å². The lowest BCUT2D eigenvalue weighted by molar-refractivity contribution is 0.101. The second-order valence-corrected chi connectivity index (χ2v) is 6.73. The quantitative estimate of drug-likeness (QED) is 0.596. The Morgan fingerprint density at radius 2 is 1.97 bits per heavy atom. The Labute approximate surface area is 170 Å². The largest absolute Gasteiger partial charge is 0.492 e. The highest BCUT2D eigenvalue weighted by atomic mass is 16.5. The van der Waals surface area contributed by atoms with E-state index in [-0.39, 0.29) is 11.6 Å². The van der Waals surface area contributed by atoms with Crippen LogP contribution >= 0.6 is 0 Å². The molecule has 154 valence electrons. The zero-order valence-corrected chi connectivity index (χ0v) is 17.3. The van der Waals surface area contributed by atoms with E-state index < -0.39 is 0 Å². The van der Waals surface area contributed by atoms with Gasteiger partial charge in [0.1, 0.15) is 12.4 Å². The van der Waals surface area contributed by atoms with Crippen molar-refractivity contribution in [2.45, 2.75) is 20.8 Å². The Morgan fingerprint density at radius 3 is 2.59 bits per heavy atom. The van der Waals surface area contributed by atoms with Crippen LogP contribution in [0.5, 0.6) is 5.75 Å². The molecule has 0 unspecified atom stereocenters. The van der Waals surface area contributed by atoms with Crippen LogP contribution in [0.15, 0.2) is 41.1 Å². The van der Waals surface area contributed by atoms with Crippen molar-refractivity contribution in [1.29, 1.82) is 0 Å². The average Bonchev–Trinajstić information content (AvgIpc) is 3.32. The SMILES string of the molecule is CCN(CC)CCOc1ccc(NC(=O)c2cc(-c3cn(C)nc3C)on2)cc1. The fourth-order valence-electron chi connectivity index (χ4n) is 3.01. The van der Waals surface area contributed by atoms with Gasteiger partial charge in [0.15, 0.2) is 11.5 Å². The maximum absolute atomic E-state index is 12.5. The summed E-state index contributed by atoms with van der Waals surface area (Å²) in [5.74, 6) is 0.945. The van der Waals surface area contributed by atoms with Gasteiger partial charge < -0.3 is 19.5 Å². The molecule has 1 N–H and O–H groups in total. The Kier molecular flexibility index (Phi) is 6.66. The van der Waals surface area contributed by atoms with E-state index in [0.29, 0.717) is 18.1 Å². The van der Waals surface area contributed by atoms with Crippen LogP contribution in [0.25, 0.3) is 11.3 Å². The molecule has 2 aromatic heterocycles. The number of nitrogens with one attached hydrogen (secondary N) is 1. The van der Waals surface area contributed by atoms with E-state index in [2.05, 4.69) is 34.3 Å². The van der Waals surface area contributed by atoms with E-state index in [4.69, 9.17) is 9.26 Å². The zero-order chi connectivity index (χ0) is 20.8. The van der Waals surface area contributed by atoms with E-state index in [0.717, 1.165) is 36.6 Å². The Morgan fingerprint density at radius 1 is 1.24 bits per heavy atom. The summed E-state index contributed by atoms with van der Waals surface area (Å²) in [6.45, 7) is 9.68. The number of amides is 1. The zero-order valence-electron chi connectivity index (χ0n) is 17.3. The number of carbonyl (C=O) groups excluding carboxylic acids is 1. The summed E-state index contributed by atoms with van der Waals surface area (Å²) in [6.07, 6.45) is 1.83. The minimum Gasteiger partial charge on any atom is -0.492 e. The molecule has 0 radical (unpaired) electrons. The first kappa shape index (κ1) is 20.6. The molecule has 29 heavy (non-hydrogen) atoms. The first-order chi connectivity index (χ1) is 14.0. The summed E-state index contributed by atoms with van der Waals surface area (Å²) in [6, 6.07) is 8.90. The van der Waals surface area contributed by atoms with Gasteiger partial charge in [-0.3, -0.25) is 9.48 Å². The second kappa shape index (κ2) is 9.38. The van der Waals surface area contributed by atoms with Gasteiger partial charge in [0.25, 0.3) is 5.91 Å². The lowest BCUT2D eigenvalue weighted by atomic mass is 10.2. The van der Waals surface area contributed by atoms with Crippen molar-refractivity contribution in [3.63, 3.8) is 0 Å². The van der Waals surface area contributed by atoms with Crippen LogP contribution in [0.2, 0.25) is 0 Å². The van der Waals surface area contributed by atoms with Crippen molar-refractivity contribution in [2.75, 3.05) is 31.6 Å². The van der Waals surface area contributed by atoms with E-state index in [9.17, 15) is 4.79 Å². The van der Waals surface area contributed by atoms with Gasteiger partial charge in [-0.25, -0.2) is 0 Å². The number of aromatic nitrogens is 3. The number of likely N-dealkylation sites (N-methyl/N-ethyl adjacent to an activating group) is 1. The highest BCUT2D eigenvalue weighted by molar-refractivity contribution is 6.03. The van der Waals surface area contributed by atoms with Gasteiger partial charge in [0.2, 0.25) is 0 Å². The summed E-state index contributed by atoms with van der Waals surface area (Å²) in [7, 11) is 1.83. The highest BCUT2D eigenvalue weighted by Gasteiger charge is 2.16. The smallest absolute Gasteiger partial charge is 0.277 e. The van der Waals surface area contributed by atoms with Gasteiger partial charge in [-0.15, -0.1) is 0 Å². The van der Waals surface area contributed by atoms with Gasteiger partial charge in [-0.1, -0.05) is 19.0 Å². The second-order valence-electron chi connectivity index (χ2n) is 6.73. The molecule has 0 atom stereocenters. The third-order valence-electron chi connectivity index (χ3n) is 4.70. The first-order valence-electron chi connectivity index (χ1n) is 9.74. The van der Waals surface area contributed by atoms with Crippen LogP contribution in [0.1, 0.15) is 30.0 Å². The number of hydrogen-bond acceptors (Lipinski definition) is 6. The molecule has 3 rings (SSSR count). The van der Waals surface area contributed by atoms with E-state index in [1.807, 2.05) is 32.3 Å². The number of rotatable bonds is 9. The van der Waals surface area contributed by atoms with E-state index >= 15 is 0 Å². The van der Waals surface area contributed by atoms with Crippen LogP contribution in [0, 0.1) is 6.92 Å². The lowest BCUT2D eigenvalue weighted by Gasteiger charge is -2.18. The Balaban J connectivity index is 1.56. The maximum Gasteiger partial charge on any atom is 0.277 e. The summed E-state index contributed by atoms with van der Waals surface area (Å²) in [5.41, 5.74) is 2.49. The lowest BCUT2D eigenvalue weighted by Crippen LogP contribution is -2.27. The predicted octanol–water partition coefficient (Wildman–Crippen LogP) is 3.36. The number of benzene rings is 1. The number of hydrogen-bond donors (Lipinski definition) is 1. The van der Waals surface area contributed by atoms with Crippen molar-refractivity contribution in [1.82, 2.24) is 19.8 Å². The fraction of sp³-hybridized carbons (Fsp3) is 0.381.